The molecule has 0 unspecified atom stereocenters. The summed E-state index contributed by atoms with van der Waals surface area (Å²) in [6.07, 6.45) is 0.694. The molecule has 0 saturated carbocycles. The van der Waals surface area contributed by atoms with Crippen LogP contribution in [0, 0.1) is 0 Å². The Bertz CT molecular complexity index is 1310. The third kappa shape index (κ3) is 3.59. The lowest BCUT2D eigenvalue weighted by atomic mass is 9.96. The fraction of sp³-hybridized carbons (Fsp3) is 0.188. The number of fused-ring (bicyclic) bond motifs is 1. The van der Waals surface area contributed by atoms with Crippen LogP contribution in [0.2, 0.25) is 0 Å². The summed E-state index contributed by atoms with van der Waals surface area (Å²) in [5, 5.41) is 5.52. The summed E-state index contributed by atoms with van der Waals surface area (Å²) < 4.78 is 50.9. The van der Waals surface area contributed by atoms with Crippen LogP contribution >= 0.6 is 0 Å². The van der Waals surface area contributed by atoms with Crippen molar-refractivity contribution >= 4 is 30.9 Å². The average Bonchev–Trinajstić information content (AvgIpc) is 3.37. The molecular weight excluding hydrogens is 432 g/mol. The number of nitrogens with one attached hydrogen (secondary N) is 5. The van der Waals surface area contributed by atoms with Gasteiger partial charge in [0.1, 0.15) is 11.1 Å². The van der Waals surface area contributed by atoms with Gasteiger partial charge in [0.05, 0.1) is 28.0 Å². The average molecular weight is 453 g/mol. The lowest BCUT2D eigenvalue weighted by Gasteiger charge is -2.21. The fourth-order valence-corrected chi connectivity index (χ4v) is 6.29. The van der Waals surface area contributed by atoms with Crippen LogP contribution < -0.4 is 32.8 Å². The molecule has 30 heavy (non-hydrogen) atoms. The fourth-order valence-electron chi connectivity index (χ4n) is 3.48. The van der Waals surface area contributed by atoms with Gasteiger partial charge in [-0.25, -0.2) is 37.8 Å². The van der Waals surface area contributed by atoms with Gasteiger partial charge in [-0.05, 0) is 17.7 Å². The Hall–Kier alpha value is -2.43. The summed E-state index contributed by atoms with van der Waals surface area (Å²) in [7, 11) is -8.47. The van der Waals surface area contributed by atoms with Gasteiger partial charge in [-0.2, -0.15) is 11.1 Å². The van der Waals surface area contributed by atoms with Crippen LogP contribution in [0.1, 0.15) is 11.7 Å². The predicted octanol–water partition coefficient (Wildman–Crippen LogP) is -1.27. The van der Waals surface area contributed by atoms with Crippen LogP contribution in [0.4, 0.5) is 0 Å². The summed E-state index contributed by atoms with van der Waals surface area (Å²) in [6, 6.07) is 8.14. The lowest BCUT2D eigenvalue weighted by molar-refractivity contribution is 0.534. The molecule has 3 aromatic rings. The number of benzene rings is 2. The van der Waals surface area contributed by atoms with Crippen molar-refractivity contribution in [3.05, 3.63) is 42.2 Å². The summed E-state index contributed by atoms with van der Waals surface area (Å²) in [5.74, 6) is -0.425. The highest BCUT2D eigenvalue weighted by Crippen LogP contribution is 2.38. The van der Waals surface area contributed by atoms with Crippen LogP contribution in [-0.2, 0) is 19.9 Å². The van der Waals surface area contributed by atoms with Gasteiger partial charge in [0, 0.05) is 17.7 Å². The Balaban J connectivity index is 2.11. The van der Waals surface area contributed by atoms with Gasteiger partial charge >= 0.3 is 0 Å². The van der Waals surface area contributed by atoms with E-state index in [1.165, 1.54) is 12.4 Å². The number of sulfone groups is 1. The number of hydrogen-bond acceptors (Lipinski definition) is 10. The molecule has 2 heterocycles. The molecule has 0 spiro atoms. The van der Waals surface area contributed by atoms with Crippen molar-refractivity contribution in [2.24, 2.45) is 10.9 Å². The van der Waals surface area contributed by atoms with E-state index in [0.29, 0.717) is 16.6 Å². The van der Waals surface area contributed by atoms with E-state index in [1.54, 1.807) is 18.2 Å². The van der Waals surface area contributed by atoms with E-state index in [0.717, 1.165) is 5.52 Å². The number of rotatable bonds is 6. The normalized spacial score (nSPS) is 15.8. The molecule has 0 atom stereocenters. The van der Waals surface area contributed by atoms with Gasteiger partial charge in [-0.3, -0.25) is 0 Å². The number of imidazole rings is 1. The summed E-state index contributed by atoms with van der Waals surface area (Å²) in [6.45, 7) is -0.168. The van der Waals surface area contributed by atoms with Crippen molar-refractivity contribution in [3.8, 4) is 11.1 Å². The zero-order valence-corrected chi connectivity index (χ0v) is 17.1. The zero-order valence-electron chi connectivity index (χ0n) is 15.5. The third-order valence-electron chi connectivity index (χ3n) is 4.69. The van der Waals surface area contributed by atoms with E-state index >= 15 is 0 Å². The van der Waals surface area contributed by atoms with Crippen LogP contribution in [-0.4, -0.2) is 39.1 Å². The van der Waals surface area contributed by atoms with Crippen molar-refractivity contribution in [3.63, 3.8) is 0 Å². The van der Waals surface area contributed by atoms with Crippen LogP contribution in [0.25, 0.3) is 22.2 Å². The lowest BCUT2D eigenvalue weighted by Crippen LogP contribution is -2.33. The summed E-state index contributed by atoms with van der Waals surface area (Å²) >= 11 is 0. The topological polar surface area (TPSA) is 197 Å². The van der Waals surface area contributed by atoms with Crippen molar-refractivity contribution in [2.75, 3.05) is 12.3 Å². The first kappa shape index (κ1) is 20.8. The molecular formula is C16H20N8O4S2. The van der Waals surface area contributed by atoms with Crippen molar-refractivity contribution in [1.29, 1.82) is 0 Å². The monoisotopic (exact) mass is 452 g/mol. The first-order valence-electron chi connectivity index (χ1n) is 8.80. The first-order chi connectivity index (χ1) is 14.2. The Kier molecular flexibility index (Phi) is 5.33. The summed E-state index contributed by atoms with van der Waals surface area (Å²) in [4.78, 5) is 6.40. The van der Waals surface area contributed by atoms with E-state index in [4.69, 9.17) is 10.9 Å². The molecule has 14 heteroatoms. The molecule has 9 N–H and O–H groups in total. The van der Waals surface area contributed by atoms with Gasteiger partial charge in [-0.15, -0.1) is 0 Å². The number of aromatic nitrogens is 2. The molecule has 1 fully saturated rings. The Morgan fingerprint density at radius 2 is 1.73 bits per heavy atom. The highest BCUT2D eigenvalue weighted by atomic mass is 32.2. The largest absolute Gasteiger partial charge is 0.345 e. The predicted molar refractivity (Wildman–Crippen MR) is 109 cm³/mol. The first-order valence-corrected chi connectivity index (χ1v) is 12.0. The number of nitrogens with two attached hydrogens (primary N) is 2. The molecule has 2 aromatic carbocycles. The van der Waals surface area contributed by atoms with E-state index in [-0.39, 0.29) is 12.1 Å². The number of H-pyrrole nitrogens is 1. The van der Waals surface area contributed by atoms with Gasteiger partial charge in [0.25, 0.3) is 0 Å². The van der Waals surface area contributed by atoms with Gasteiger partial charge in [0.15, 0.2) is 9.84 Å². The van der Waals surface area contributed by atoms with Crippen LogP contribution in [0.3, 0.4) is 0 Å². The Morgan fingerprint density at radius 3 is 2.40 bits per heavy atom. The number of nitrogens with zero attached hydrogens (tertiary/aromatic N) is 1. The number of para-hydroxylation sites is 1. The molecule has 0 radical (unpaired) electrons. The maximum atomic E-state index is 12.8. The molecule has 0 bridgehead atoms. The van der Waals surface area contributed by atoms with Gasteiger partial charge in [-0.1, -0.05) is 18.2 Å². The maximum absolute atomic E-state index is 12.8. The van der Waals surface area contributed by atoms with Crippen molar-refractivity contribution in [1.82, 2.24) is 31.9 Å². The number of aromatic amines is 1. The quantitative estimate of drug-likeness (QED) is 0.237. The molecule has 160 valence electrons. The summed E-state index contributed by atoms with van der Waals surface area (Å²) in [5.41, 5.74) is 18.8. The SMILES string of the molecule is NCCS(=O)(=O)c1ccc(-c2cccc3[nH]cnc23)c(C2NNNN2)c1S(N)(=O)=O. The zero-order chi connectivity index (χ0) is 21.5. The van der Waals surface area contributed by atoms with E-state index in [1.807, 2.05) is 6.07 Å². The smallest absolute Gasteiger partial charge is 0.239 e. The van der Waals surface area contributed by atoms with E-state index in [9.17, 15) is 16.8 Å². The minimum absolute atomic E-state index is 0.128. The molecule has 4 rings (SSSR count). The highest BCUT2D eigenvalue weighted by molar-refractivity contribution is 7.93. The van der Waals surface area contributed by atoms with E-state index < -0.39 is 41.6 Å². The van der Waals surface area contributed by atoms with Crippen molar-refractivity contribution in [2.45, 2.75) is 16.0 Å². The Labute approximate surface area is 172 Å². The van der Waals surface area contributed by atoms with Crippen molar-refractivity contribution < 1.29 is 16.8 Å². The molecule has 1 aromatic heterocycles. The molecule has 1 aliphatic heterocycles. The second kappa shape index (κ2) is 7.68. The highest BCUT2D eigenvalue weighted by Gasteiger charge is 2.34. The van der Waals surface area contributed by atoms with Crippen LogP contribution in [0.15, 0.2) is 46.5 Å². The van der Waals surface area contributed by atoms with Gasteiger partial charge < -0.3 is 10.7 Å². The molecule has 0 amide bonds. The standard InChI is InChI=1S/C16H20N8O4S2/c17-6-7-29(25,26)12-5-4-9(10-2-1-3-11-14(10)20-8-19-11)13(15(12)30(18,27)28)16-21-23-24-22-16/h1-5,8,16,21-24H,6-7,17H2,(H,19,20)(H2,18,27,28). The third-order valence-corrected chi connectivity index (χ3v) is 7.61. The maximum Gasteiger partial charge on any atom is 0.239 e. The van der Waals surface area contributed by atoms with E-state index in [2.05, 4.69) is 31.9 Å². The number of hydrogen-bond donors (Lipinski definition) is 7. The molecule has 1 aliphatic rings. The molecule has 0 aliphatic carbocycles. The molecule has 12 nitrogen and oxygen atoms in total. The number of sulfonamides is 1. The van der Waals surface area contributed by atoms with Gasteiger partial charge in [0.2, 0.25) is 10.0 Å². The number of hydrazine groups is 3. The Morgan fingerprint density at radius 1 is 1.00 bits per heavy atom. The minimum Gasteiger partial charge on any atom is -0.345 e. The minimum atomic E-state index is -4.46. The second-order valence-electron chi connectivity index (χ2n) is 6.58. The molecule has 1 saturated heterocycles. The van der Waals surface area contributed by atoms with Crippen LogP contribution in [0.5, 0.6) is 0 Å². The number of primary sulfonamides is 1. The second-order valence-corrected chi connectivity index (χ2v) is 10.2.